The Kier molecular flexibility index (Phi) is 5.40. The lowest BCUT2D eigenvalue weighted by Crippen LogP contribution is -2.13. The van der Waals surface area contributed by atoms with Crippen molar-refractivity contribution in [3.8, 4) is 0 Å². The number of hydrogen-bond acceptors (Lipinski definition) is 4. The maximum atomic E-state index is 13.0. The van der Waals surface area contributed by atoms with Crippen LogP contribution in [0.2, 0.25) is 5.02 Å². The molecular formula is C18H16ClFN6. The van der Waals surface area contributed by atoms with Crippen LogP contribution in [0.1, 0.15) is 23.3 Å². The van der Waals surface area contributed by atoms with Gasteiger partial charge in [0.1, 0.15) is 17.5 Å². The lowest BCUT2D eigenvalue weighted by atomic mass is 10.1. The molecule has 0 saturated carbocycles. The van der Waals surface area contributed by atoms with Crippen molar-refractivity contribution in [2.24, 2.45) is 16.5 Å². The number of aliphatic imine (C=N–C) groups is 1. The summed E-state index contributed by atoms with van der Waals surface area (Å²) >= 11 is 5.91. The molecular weight excluding hydrogens is 355 g/mol. The van der Waals surface area contributed by atoms with Gasteiger partial charge in [-0.3, -0.25) is 5.10 Å². The summed E-state index contributed by atoms with van der Waals surface area (Å²) in [5, 5.41) is 7.42. The van der Waals surface area contributed by atoms with E-state index in [0.29, 0.717) is 22.4 Å². The van der Waals surface area contributed by atoms with Crippen LogP contribution in [-0.4, -0.2) is 21.0 Å². The molecule has 0 amide bonds. The molecule has 5 N–H and O–H groups in total. The molecule has 0 fully saturated rings. The third-order valence-corrected chi connectivity index (χ3v) is 3.75. The zero-order chi connectivity index (χ0) is 18.5. The first-order valence-corrected chi connectivity index (χ1v) is 8.10. The molecule has 1 heterocycles. The molecule has 6 nitrogen and oxygen atoms in total. The van der Waals surface area contributed by atoms with Crippen molar-refractivity contribution >= 4 is 29.2 Å². The third kappa shape index (κ3) is 4.53. The van der Waals surface area contributed by atoms with Gasteiger partial charge in [-0.1, -0.05) is 29.8 Å². The van der Waals surface area contributed by atoms with Crippen LogP contribution in [0, 0.1) is 5.82 Å². The maximum Gasteiger partial charge on any atom is 0.174 e. The molecule has 0 radical (unpaired) electrons. The van der Waals surface area contributed by atoms with Crippen LogP contribution in [0.5, 0.6) is 0 Å². The van der Waals surface area contributed by atoms with Gasteiger partial charge in [0.25, 0.3) is 0 Å². The molecule has 0 saturated heterocycles. The zero-order valence-corrected chi connectivity index (χ0v) is 14.4. The Balaban J connectivity index is 1.71. The summed E-state index contributed by atoms with van der Waals surface area (Å²) in [4.78, 5) is 8.53. The lowest BCUT2D eigenvalue weighted by molar-refractivity contribution is 0.626. The first-order valence-electron chi connectivity index (χ1n) is 7.72. The monoisotopic (exact) mass is 370 g/mol. The van der Waals surface area contributed by atoms with Crippen molar-refractivity contribution in [1.29, 1.82) is 0 Å². The second kappa shape index (κ2) is 7.90. The number of rotatable bonds is 5. The molecule has 2 aromatic carbocycles. The van der Waals surface area contributed by atoms with E-state index in [-0.39, 0.29) is 11.7 Å². The first kappa shape index (κ1) is 17.8. The number of nitrogens with one attached hydrogen (secondary N) is 1. The fraction of sp³-hybridized carbons (Fsp3) is 0.0556. The number of hydrogen-bond donors (Lipinski definition) is 3. The molecule has 3 rings (SSSR count). The third-order valence-electron chi connectivity index (χ3n) is 3.51. The summed E-state index contributed by atoms with van der Waals surface area (Å²) in [5.41, 5.74) is 13.3. The largest absolute Gasteiger partial charge is 0.384 e. The van der Waals surface area contributed by atoms with Gasteiger partial charge in [0.05, 0.1) is 11.7 Å². The number of H-pyrrole nitrogens is 1. The highest BCUT2D eigenvalue weighted by Gasteiger charge is 2.13. The predicted octanol–water partition coefficient (Wildman–Crippen LogP) is 3.35. The SMILES string of the molecule is NC(/C=C\c1n[nH]c(C(N)c2ccc(F)cc2)n1)=Nc1cccc(Cl)c1. The molecule has 3 aromatic rings. The standard InChI is InChI=1S/C18H16ClFN6/c19-12-2-1-3-14(10-12)23-15(21)8-9-16-24-18(26-25-16)17(22)11-4-6-13(20)7-5-11/h1-10,17H,22H2,(H2,21,23)(H,24,25,26)/b9-8-. The molecule has 26 heavy (non-hydrogen) atoms. The van der Waals surface area contributed by atoms with E-state index in [0.717, 1.165) is 5.56 Å². The summed E-state index contributed by atoms with van der Waals surface area (Å²) in [6.07, 6.45) is 3.19. The number of amidine groups is 1. The Bertz CT molecular complexity index is 948. The highest BCUT2D eigenvalue weighted by atomic mass is 35.5. The zero-order valence-electron chi connectivity index (χ0n) is 13.6. The van der Waals surface area contributed by atoms with Gasteiger partial charge < -0.3 is 11.5 Å². The normalized spacial score (nSPS) is 13.3. The van der Waals surface area contributed by atoms with E-state index in [1.165, 1.54) is 12.1 Å². The lowest BCUT2D eigenvalue weighted by Gasteiger charge is -2.07. The van der Waals surface area contributed by atoms with E-state index in [9.17, 15) is 4.39 Å². The summed E-state index contributed by atoms with van der Waals surface area (Å²) in [6.45, 7) is 0. The number of nitrogens with two attached hydrogens (primary N) is 2. The van der Waals surface area contributed by atoms with Crippen molar-refractivity contribution in [2.75, 3.05) is 0 Å². The van der Waals surface area contributed by atoms with Gasteiger partial charge in [-0.2, -0.15) is 5.10 Å². The first-order chi connectivity index (χ1) is 12.5. The van der Waals surface area contributed by atoms with Crippen LogP contribution in [0.4, 0.5) is 10.1 Å². The second-order valence-electron chi connectivity index (χ2n) is 5.46. The van der Waals surface area contributed by atoms with Crippen LogP contribution >= 0.6 is 11.6 Å². The van der Waals surface area contributed by atoms with Gasteiger partial charge in [0.2, 0.25) is 0 Å². The fourth-order valence-electron chi connectivity index (χ4n) is 2.22. The molecule has 1 aromatic heterocycles. The minimum absolute atomic E-state index is 0.279. The topological polar surface area (TPSA) is 106 Å². The fourth-order valence-corrected chi connectivity index (χ4v) is 2.41. The summed E-state index contributed by atoms with van der Waals surface area (Å²) in [5.74, 6) is 0.821. The molecule has 1 unspecified atom stereocenters. The Labute approximate surface area is 154 Å². The second-order valence-corrected chi connectivity index (χ2v) is 5.89. The van der Waals surface area contributed by atoms with Gasteiger partial charge in [0.15, 0.2) is 5.82 Å². The number of benzene rings is 2. The minimum atomic E-state index is -0.539. The van der Waals surface area contributed by atoms with Gasteiger partial charge in [-0.05, 0) is 48.0 Å². The predicted molar refractivity (Wildman–Crippen MR) is 101 cm³/mol. The maximum absolute atomic E-state index is 13.0. The van der Waals surface area contributed by atoms with Crippen molar-refractivity contribution in [3.05, 3.63) is 82.7 Å². The molecule has 0 aliphatic carbocycles. The van der Waals surface area contributed by atoms with E-state index in [4.69, 9.17) is 23.1 Å². The minimum Gasteiger partial charge on any atom is -0.384 e. The Hall–Kier alpha value is -3.03. The molecule has 0 spiro atoms. The summed E-state index contributed by atoms with van der Waals surface area (Å²) < 4.78 is 13.0. The Morgan fingerprint density at radius 2 is 2.00 bits per heavy atom. The van der Waals surface area contributed by atoms with E-state index < -0.39 is 6.04 Å². The average Bonchev–Trinajstić information content (AvgIpc) is 3.09. The van der Waals surface area contributed by atoms with Crippen LogP contribution in [0.15, 0.2) is 59.6 Å². The molecule has 0 aliphatic heterocycles. The molecule has 1 atom stereocenters. The van der Waals surface area contributed by atoms with Crippen LogP contribution < -0.4 is 11.5 Å². The highest BCUT2D eigenvalue weighted by molar-refractivity contribution is 6.30. The van der Waals surface area contributed by atoms with Gasteiger partial charge in [-0.25, -0.2) is 14.4 Å². The van der Waals surface area contributed by atoms with E-state index in [1.54, 1.807) is 48.6 Å². The highest BCUT2D eigenvalue weighted by Crippen LogP contribution is 2.18. The Morgan fingerprint density at radius 1 is 1.23 bits per heavy atom. The van der Waals surface area contributed by atoms with Crippen molar-refractivity contribution in [3.63, 3.8) is 0 Å². The number of aromatic amines is 1. The number of aromatic nitrogens is 3. The number of halogens is 2. The summed E-state index contributed by atoms with van der Waals surface area (Å²) in [7, 11) is 0. The molecule has 132 valence electrons. The van der Waals surface area contributed by atoms with E-state index in [1.807, 2.05) is 0 Å². The Morgan fingerprint density at radius 3 is 2.73 bits per heavy atom. The smallest absolute Gasteiger partial charge is 0.174 e. The van der Waals surface area contributed by atoms with Crippen molar-refractivity contribution in [1.82, 2.24) is 15.2 Å². The quantitative estimate of drug-likeness (QED) is 0.473. The molecule has 0 bridgehead atoms. The van der Waals surface area contributed by atoms with Crippen molar-refractivity contribution in [2.45, 2.75) is 6.04 Å². The average molecular weight is 371 g/mol. The molecule has 8 heteroatoms. The number of nitrogens with zero attached hydrogens (tertiary/aromatic N) is 3. The summed E-state index contributed by atoms with van der Waals surface area (Å²) in [6, 6.07) is 12.4. The van der Waals surface area contributed by atoms with E-state index >= 15 is 0 Å². The van der Waals surface area contributed by atoms with E-state index in [2.05, 4.69) is 20.2 Å². The molecule has 0 aliphatic rings. The van der Waals surface area contributed by atoms with Crippen LogP contribution in [-0.2, 0) is 0 Å². The van der Waals surface area contributed by atoms with Gasteiger partial charge >= 0.3 is 0 Å². The van der Waals surface area contributed by atoms with Gasteiger partial charge in [0, 0.05) is 5.02 Å². The van der Waals surface area contributed by atoms with Gasteiger partial charge in [-0.15, -0.1) is 0 Å². The van der Waals surface area contributed by atoms with Crippen LogP contribution in [0.25, 0.3) is 6.08 Å². The van der Waals surface area contributed by atoms with Crippen molar-refractivity contribution < 1.29 is 4.39 Å². The van der Waals surface area contributed by atoms with Crippen LogP contribution in [0.3, 0.4) is 0 Å².